The lowest BCUT2D eigenvalue weighted by Crippen LogP contribution is -2.51. The van der Waals surface area contributed by atoms with E-state index in [4.69, 9.17) is 0 Å². The lowest BCUT2D eigenvalue weighted by molar-refractivity contribution is 0.0737. The van der Waals surface area contributed by atoms with Gasteiger partial charge in [0.2, 0.25) is 0 Å². The first-order chi connectivity index (χ1) is 10.8. The van der Waals surface area contributed by atoms with Gasteiger partial charge in [-0.15, -0.1) is 0 Å². The molecule has 2 aromatic rings. The summed E-state index contributed by atoms with van der Waals surface area (Å²) in [4.78, 5) is 12.7. The average molecular weight is 300 g/mol. The Labute approximate surface area is 131 Å². The Morgan fingerprint density at radius 1 is 1.27 bits per heavy atom. The van der Waals surface area contributed by atoms with Crippen LogP contribution in [-0.4, -0.2) is 64.2 Å². The molecule has 118 valence electrons. The van der Waals surface area contributed by atoms with Crippen LogP contribution in [-0.2, 0) is 6.54 Å². The fourth-order valence-electron chi connectivity index (χ4n) is 3.04. The van der Waals surface area contributed by atoms with Gasteiger partial charge in [-0.3, -0.25) is 4.90 Å². The Bertz CT molecular complexity index is 583. The number of nitrogens with one attached hydrogen (secondary N) is 1. The molecule has 0 spiro atoms. The van der Waals surface area contributed by atoms with Crippen LogP contribution in [0.1, 0.15) is 12.1 Å². The Hall–Kier alpha value is -1.69. The smallest absolute Gasteiger partial charge is 0.137 e. The number of aromatic amines is 1. The van der Waals surface area contributed by atoms with Gasteiger partial charge in [0.25, 0.3) is 0 Å². The quantitative estimate of drug-likeness (QED) is 0.880. The molecule has 1 aliphatic heterocycles. The van der Waals surface area contributed by atoms with E-state index in [-0.39, 0.29) is 6.61 Å². The summed E-state index contributed by atoms with van der Waals surface area (Å²) < 4.78 is 0. The summed E-state index contributed by atoms with van der Waals surface area (Å²) in [7, 11) is 2.14. The molecular formula is C17H24N4O. The highest BCUT2D eigenvalue weighted by molar-refractivity contribution is 5.54. The Balaban J connectivity index is 1.63. The van der Waals surface area contributed by atoms with E-state index in [1.54, 1.807) is 0 Å². The molecule has 5 nitrogen and oxygen atoms in total. The Kier molecular flexibility index (Phi) is 4.87. The average Bonchev–Trinajstić information content (AvgIpc) is 3.00. The van der Waals surface area contributed by atoms with Crippen LogP contribution in [0.25, 0.3) is 11.4 Å². The number of imidazole rings is 1. The lowest BCUT2D eigenvalue weighted by atomic mass is 10.1. The van der Waals surface area contributed by atoms with E-state index in [0.29, 0.717) is 6.04 Å². The number of hydrogen-bond acceptors (Lipinski definition) is 4. The van der Waals surface area contributed by atoms with E-state index >= 15 is 0 Å². The van der Waals surface area contributed by atoms with Gasteiger partial charge in [0.1, 0.15) is 5.82 Å². The first-order valence-electron chi connectivity index (χ1n) is 7.89. The monoisotopic (exact) mass is 300 g/mol. The van der Waals surface area contributed by atoms with Crippen molar-refractivity contribution < 1.29 is 5.11 Å². The largest absolute Gasteiger partial charge is 0.396 e. The van der Waals surface area contributed by atoms with E-state index in [1.807, 2.05) is 24.4 Å². The Morgan fingerprint density at radius 3 is 2.86 bits per heavy atom. The zero-order valence-electron chi connectivity index (χ0n) is 13.1. The summed E-state index contributed by atoms with van der Waals surface area (Å²) in [5.41, 5.74) is 2.26. The molecule has 0 bridgehead atoms. The first kappa shape index (κ1) is 15.2. The van der Waals surface area contributed by atoms with Crippen LogP contribution in [0, 0.1) is 0 Å². The van der Waals surface area contributed by atoms with Gasteiger partial charge in [-0.05, 0) is 13.5 Å². The number of hydrogen-bond donors (Lipinski definition) is 2. The van der Waals surface area contributed by atoms with Gasteiger partial charge in [0.15, 0.2) is 0 Å². The number of H-pyrrole nitrogens is 1. The molecular weight excluding hydrogens is 276 g/mol. The molecule has 3 rings (SSSR count). The molecule has 1 unspecified atom stereocenters. The zero-order valence-corrected chi connectivity index (χ0v) is 13.1. The summed E-state index contributed by atoms with van der Waals surface area (Å²) in [5.74, 6) is 0.927. The van der Waals surface area contributed by atoms with Crippen LogP contribution in [0.3, 0.4) is 0 Å². The summed E-state index contributed by atoms with van der Waals surface area (Å²) >= 11 is 0. The second-order valence-electron chi connectivity index (χ2n) is 6.00. The number of nitrogens with zero attached hydrogens (tertiary/aromatic N) is 3. The third kappa shape index (κ3) is 3.55. The zero-order chi connectivity index (χ0) is 15.4. The van der Waals surface area contributed by atoms with Crippen LogP contribution < -0.4 is 0 Å². The van der Waals surface area contributed by atoms with Crippen molar-refractivity contribution in [1.29, 1.82) is 0 Å². The predicted molar refractivity (Wildman–Crippen MR) is 87.4 cm³/mol. The molecule has 1 aromatic heterocycles. The molecule has 1 fully saturated rings. The number of benzene rings is 1. The fraction of sp³-hybridized carbons (Fsp3) is 0.471. The minimum atomic E-state index is 0.255. The summed E-state index contributed by atoms with van der Waals surface area (Å²) in [6.45, 7) is 4.24. The van der Waals surface area contributed by atoms with Gasteiger partial charge in [-0.1, -0.05) is 30.3 Å². The number of rotatable bonds is 5. The van der Waals surface area contributed by atoms with Gasteiger partial charge < -0.3 is 15.0 Å². The molecule has 2 heterocycles. The molecule has 0 saturated carbocycles. The van der Waals surface area contributed by atoms with E-state index in [1.165, 1.54) is 0 Å². The van der Waals surface area contributed by atoms with Crippen molar-refractivity contribution in [2.45, 2.75) is 19.0 Å². The molecule has 0 radical (unpaired) electrons. The molecule has 2 N–H and O–H groups in total. The number of aromatic nitrogens is 2. The third-order valence-corrected chi connectivity index (χ3v) is 4.39. The third-order valence-electron chi connectivity index (χ3n) is 4.39. The number of aliphatic hydroxyl groups excluding tert-OH is 1. The molecule has 1 saturated heterocycles. The highest BCUT2D eigenvalue weighted by atomic mass is 16.3. The summed E-state index contributed by atoms with van der Waals surface area (Å²) in [5, 5.41) is 9.18. The number of piperazine rings is 1. The number of likely N-dealkylation sites (N-methyl/N-ethyl adjacent to an activating group) is 1. The van der Waals surface area contributed by atoms with Crippen LogP contribution in [0.5, 0.6) is 0 Å². The normalized spacial score (nSPS) is 20.4. The lowest BCUT2D eigenvalue weighted by Gasteiger charge is -2.39. The van der Waals surface area contributed by atoms with E-state index in [2.05, 4.69) is 38.9 Å². The van der Waals surface area contributed by atoms with Crippen molar-refractivity contribution in [3.8, 4) is 11.4 Å². The second kappa shape index (κ2) is 7.05. The van der Waals surface area contributed by atoms with Crippen LogP contribution in [0.2, 0.25) is 0 Å². The molecule has 22 heavy (non-hydrogen) atoms. The molecule has 5 heteroatoms. The van der Waals surface area contributed by atoms with Crippen molar-refractivity contribution >= 4 is 0 Å². The van der Waals surface area contributed by atoms with Gasteiger partial charge in [0.05, 0.1) is 0 Å². The summed E-state index contributed by atoms with van der Waals surface area (Å²) in [6, 6.07) is 10.6. The standard InChI is InChI=1S/C17H24N4O/c1-20-8-9-21(13-16(20)7-10-22)12-15-11-18-17(19-15)14-5-3-2-4-6-14/h2-6,11,16,22H,7-10,12-13H2,1H3,(H,18,19). The van der Waals surface area contributed by atoms with Crippen molar-refractivity contribution in [3.63, 3.8) is 0 Å². The highest BCUT2D eigenvalue weighted by Gasteiger charge is 2.24. The molecule has 0 amide bonds. The fourth-order valence-corrected chi connectivity index (χ4v) is 3.04. The van der Waals surface area contributed by atoms with Crippen molar-refractivity contribution in [2.75, 3.05) is 33.3 Å². The SMILES string of the molecule is CN1CCN(Cc2cnc(-c3ccccc3)[nH]2)CC1CCO. The van der Waals surface area contributed by atoms with Gasteiger partial charge >= 0.3 is 0 Å². The van der Waals surface area contributed by atoms with Gasteiger partial charge in [-0.2, -0.15) is 0 Å². The second-order valence-corrected chi connectivity index (χ2v) is 6.00. The van der Waals surface area contributed by atoms with E-state index < -0.39 is 0 Å². The minimum Gasteiger partial charge on any atom is -0.396 e. The molecule has 1 atom stereocenters. The van der Waals surface area contributed by atoms with E-state index in [9.17, 15) is 5.11 Å². The van der Waals surface area contributed by atoms with Gasteiger partial charge in [0, 0.05) is 56.3 Å². The first-order valence-corrected chi connectivity index (χ1v) is 7.89. The molecule has 0 aliphatic carbocycles. The maximum Gasteiger partial charge on any atom is 0.137 e. The van der Waals surface area contributed by atoms with Crippen LogP contribution >= 0.6 is 0 Å². The van der Waals surface area contributed by atoms with E-state index in [0.717, 1.165) is 49.7 Å². The van der Waals surface area contributed by atoms with Crippen LogP contribution in [0.4, 0.5) is 0 Å². The van der Waals surface area contributed by atoms with Crippen molar-refractivity contribution in [1.82, 2.24) is 19.8 Å². The molecule has 1 aliphatic rings. The minimum absolute atomic E-state index is 0.255. The van der Waals surface area contributed by atoms with Crippen LogP contribution in [0.15, 0.2) is 36.5 Å². The highest BCUT2D eigenvalue weighted by Crippen LogP contribution is 2.17. The maximum absolute atomic E-state index is 9.18. The van der Waals surface area contributed by atoms with Crippen molar-refractivity contribution in [3.05, 3.63) is 42.2 Å². The maximum atomic E-state index is 9.18. The van der Waals surface area contributed by atoms with Gasteiger partial charge in [-0.25, -0.2) is 4.98 Å². The molecule has 1 aromatic carbocycles. The number of aliphatic hydroxyl groups is 1. The topological polar surface area (TPSA) is 55.4 Å². The Morgan fingerprint density at radius 2 is 2.09 bits per heavy atom. The summed E-state index contributed by atoms with van der Waals surface area (Å²) in [6.07, 6.45) is 2.77. The predicted octanol–water partition coefficient (Wildman–Crippen LogP) is 1.58. The van der Waals surface area contributed by atoms with Crippen molar-refractivity contribution in [2.24, 2.45) is 0 Å².